The van der Waals surface area contributed by atoms with Gasteiger partial charge in [0.15, 0.2) is 0 Å². The molecule has 2 aromatic carbocycles. The molecule has 0 saturated carbocycles. The van der Waals surface area contributed by atoms with Crippen LogP contribution in [-0.4, -0.2) is 41.9 Å². The highest BCUT2D eigenvalue weighted by Crippen LogP contribution is 2.28. The van der Waals surface area contributed by atoms with Gasteiger partial charge in [-0.3, -0.25) is 4.79 Å². The topological polar surface area (TPSA) is 92.3 Å². The van der Waals surface area contributed by atoms with Crippen molar-refractivity contribution in [3.8, 4) is 10.6 Å². The van der Waals surface area contributed by atoms with Gasteiger partial charge >= 0.3 is 0 Å². The van der Waals surface area contributed by atoms with E-state index in [1.807, 2.05) is 31.2 Å². The van der Waals surface area contributed by atoms with Crippen molar-refractivity contribution in [3.05, 3.63) is 64.7 Å². The Morgan fingerprint density at radius 1 is 1.12 bits per heavy atom. The smallest absolute Gasteiger partial charge is 0.229 e. The lowest BCUT2D eigenvalue weighted by atomic mass is 9.97. The maximum Gasteiger partial charge on any atom is 0.229 e. The molecule has 3 aromatic rings. The Hall–Kier alpha value is -2.33. The molecule has 1 aromatic heterocycles. The van der Waals surface area contributed by atoms with E-state index in [2.05, 4.69) is 15.5 Å². The summed E-state index contributed by atoms with van der Waals surface area (Å²) >= 11 is 7.43. The summed E-state index contributed by atoms with van der Waals surface area (Å²) in [5.74, 6) is -0.566. The third kappa shape index (κ3) is 5.35. The summed E-state index contributed by atoms with van der Waals surface area (Å²) < 4.78 is 27.0. The Kier molecular flexibility index (Phi) is 6.90. The van der Waals surface area contributed by atoms with Crippen molar-refractivity contribution in [2.24, 2.45) is 5.92 Å². The number of amides is 1. The number of halogens is 1. The summed E-state index contributed by atoms with van der Waals surface area (Å²) in [6.45, 7) is 2.62. The zero-order valence-electron chi connectivity index (χ0n) is 17.5. The van der Waals surface area contributed by atoms with Crippen LogP contribution < -0.4 is 5.32 Å². The number of hydrogen-bond acceptors (Lipinski definition) is 6. The molecule has 1 fully saturated rings. The Morgan fingerprint density at radius 2 is 1.81 bits per heavy atom. The number of piperidine rings is 1. The maximum absolute atomic E-state index is 12.8. The van der Waals surface area contributed by atoms with Gasteiger partial charge in [-0.25, -0.2) is 12.7 Å². The fraction of sp³-hybridized carbons (Fsp3) is 0.318. The van der Waals surface area contributed by atoms with Crippen molar-refractivity contribution in [2.45, 2.75) is 25.5 Å². The van der Waals surface area contributed by atoms with Crippen LogP contribution in [-0.2, 0) is 20.6 Å². The van der Waals surface area contributed by atoms with Crippen LogP contribution in [0.1, 0.15) is 24.0 Å². The first kappa shape index (κ1) is 22.8. The lowest BCUT2D eigenvalue weighted by molar-refractivity contribution is -0.120. The molecule has 0 aliphatic carbocycles. The molecule has 1 saturated heterocycles. The average molecular weight is 491 g/mol. The van der Waals surface area contributed by atoms with Gasteiger partial charge in [-0.2, -0.15) is 0 Å². The van der Waals surface area contributed by atoms with Crippen LogP contribution in [0.5, 0.6) is 0 Å². The second-order valence-corrected chi connectivity index (χ2v) is 11.1. The van der Waals surface area contributed by atoms with E-state index in [-0.39, 0.29) is 17.6 Å². The third-order valence-corrected chi connectivity index (χ3v) is 8.55. The second kappa shape index (κ2) is 9.66. The average Bonchev–Trinajstić information content (AvgIpc) is 3.24. The summed E-state index contributed by atoms with van der Waals surface area (Å²) in [4.78, 5) is 12.7. The minimum atomic E-state index is -3.50. The van der Waals surface area contributed by atoms with Gasteiger partial charge in [0.1, 0.15) is 5.01 Å². The SMILES string of the molecule is Cc1ccc(-c2nnc(NC(=O)C3CCN(S(=O)(=O)Cc4ccccc4Cl)CC3)s2)cc1. The molecule has 0 atom stereocenters. The molecule has 0 radical (unpaired) electrons. The molecule has 168 valence electrons. The number of rotatable bonds is 6. The first-order valence-electron chi connectivity index (χ1n) is 10.2. The highest BCUT2D eigenvalue weighted by molar-refractivity contribution is 7.88. The predicted octanol–water partition coefficient (Wildman–Crippen LogP) is 4.35. The van der Waals surface area contributed by atoms with Crippen molar-refractivity contribution in [1.29, 1.82) is 0 Å². The van der Waals surface area contributed by atoms with Crippen LogP contribution in [0.4, 0.5) is 5.13 Å². The number of anilines is 1. The molecule has 2 heterocycles. The van der Waals surface area contributed by atoms with Gasteiger partial charge in [-0.05, 0) is 31.4 Å². The van der Waals surface area contributed by atoms with Gasteiger partial charge in [-0.15, -0.1) is 10.2 Å². The van der Waals surface area contributed by atoms with Crippen molar-refractivity contribution in [1.82, 2.24) is 14.5 Å². The lowest BCUT2D eigenvalue weighted by Gasteiger charge is -2.30. The molecule has 1 aliphatic rings. The summed E-state index contributed by atoms with van der Waals surface area (Å²) in [5, 5.41) is 12.7. The van der Waals surface area contributed by atoms with Crippen molar-refractivity contribution in [3.63, 3.8) is 0 Å². The lowest BCUT2D eigenvalue weighted by Crippen LogP contribution is -2.41. The quantitative estimate of drug-likeness (QED) is 0.554. The largest absolute Gasteiger partial charge is 0.300 e. The Balaban J connectivity index is 1.33. The van der Waals surface area contributed by atoms with Crippen LogP contribution in [0, 0.1) is 12.8 Å². The number of nitrogens with one attached hydrogen (secondary N) is 1. The predicted molar refractivity (Wildman–Crippen MR) is 127 cm³/mol. The fourth-order valence-corrected chi connectivity index (χ4v) is 6.22. The van der Waals surface area contributed by atoms with Crippen molar-refractivity contribution < 1.29 is 13.2 Å². The number of benzene rings is 2. The molecule has 4 rings (SSSR count). The third-order valence-electron chi connectivity index (χ3n) is 5.47. The summed E-state index contributed by atoms with van der Waals surface area (Å²) in [6, 6.07) is 14.9. The van der Waals surface area contributed by atoms with E-state index in [9.17, 15) is 13.2 Å². The molecule has 1 aliphatic heterocycles. The summed E-state index contributed by atoms with van der Waals surface area (Å²) in [5.41, 5.74) is 2.69. The van der Waals surface area contributed by atoms with E-state index in [1.54, 1.807) is 24.3 Å². The Labute approximate surface area is 196 Å². The Morgan fingerprint density at radius 3 is 2.50 bits per heavy atom. The van der Waals surface area contributed by atoms with Crippen LogP contribution in [0.25, 0.3) is 10.6 Å². The number of hydrogen-bond donors (Lipinski definition) is 1. The number of aromatic nitrogens is 2. The minimum absolute atomic E-state index is 0.143. The molecule has 32 heavy (non-hydrogen) atoms. The first-order chi connectivity index (χ1) is 15.3. The van der Waals surface area contributed by atoms with Crippen LogP contribution in [0.2, 0.25) is 5.02 Å². The van der Waals surface area contributed by atoms with Gasteiger partial charge in [0.05, 0.1) is 5.75 Å². The van der Waals surface area contributed by atoms with E-state index in [0.717, 1.165) is 16.1 Å². The normalized spacial score (nSPS) is 15.6. The molecule has 10 heteroatoms. The minimum Gasteiger partial charge on any atom is -0.300 e. The van der Waals surface area contributed by atoms with E-state index < -0.39 is 10.0 Å². The van der Waals surface area contributed by atoms with Gasteiger partial charge in [0.25, 0.3) is 0 Å². The molecule has 1 amide bonds. The van der Waals surface area contributed by atoms with Gasteiger partial charge in [0.2, 0.25) is 21.1 Å². The van der Waals surface area contributed by atoms with E-state index >= 15 is 0 Å². The monoisotopic (exact) mass is 490 g/mol. The molecular weight excluding hydrogens is 468 g/mol. The molecule has 7 nitrogen and oxygen atoms in total. The number of nitrogens with zero attached hydrogens (tertiary/aromatic N) is 3. The second-order valence-electron chi connectivity index (χ2n) is 7.79. The van der Waals surface area contributed by atoms with E-state index in [1.165, 1.54) is 15.6 Å². The number of carbonyl (C=O) groups is 1. The maximum atomic E-state index is 12.8. The van der Waals surface area contributed by atoms with Crippen molar-refractivity contribution >= 4 is 44.0 Å². The molecular formula is C22H23ClN4O3S2. The highest BCUT2D eigenvalue weighted by Gasteiger charge is 2.31. The van der Waals surface area contributed by atoms with E-state index in [0.29, 0.717) is 41.6 Å². The zero-order valence-corrected chi connectivity index (χ0v) is 19.9. The number of sulfonamides is 1. The van der Waals surface area contributed by atoms with Crippen LogP contribution in [0.3, 0.4) is 0 Å². The van der Waals surface area contributed by atoms with E-state index in [4.69, 9.17) is 11.6 Å². The standard InChI is InChI=1S/C22H23ClN4O3S2/c1-15-6-8-17(9-7-15)21-25-26-22(31-21)24-20(28)16-10-12-27(13-11-16)32(29,30)14-18-4-2-3-5-19(18)23/h2-9,16H,10-14H2,1H3,(H,24,26,28). The van der Waals surface area contributed by atoms with Crippen LogP contribution in [0.15, 0.2) is 48.5 Å². The summed E-state index contributed by atoms with van der Waals surface area (Å²) in [7, 11) is -3.50. The fourth-order valence-electron chi connectivity index (χ4n) is 3.59. The van der Waals surface area contributed by atoms with Crippen LogP contribution >= 0.6 is 22.9 Å². The van der Waals surface area contributed by atoms with Gasteiger partial charge in [-0.1, -0.05) is 71.0 Å². The molecule has 0 bridgehead atoms. The molecule has 1 N–H and O–H groups in total. The number of aryl methyl sites for hydroxylation is 1. The van der Waals surface area contributed by atoms with Gasteiger partial charge < -0.3 is 5.32 Å². The first-order valence-corrected chi connectivity index (χ1v) is 13.0. The summed E-state index contributed by atoms with van der Waals surface area (Å²) in [6.07, 6.45) is 0.911. The van der Waals surface area contributed by atoms with Gasteiger partial charge in [0, 0.05) is 29.6 Å². The molecule has 0 unspecified atom stereocenters. The highest BCUT2D eigenvalue weighted by atomic mass is 35.5. The van der Waals surface area contributed by atoms with Crippen molar-refractivity contribution in [2.75, 3.05) is 18.4 Å². The molecule has 0 spiro atoms. The number of carbonyl (C=O) groups excluding carboxylic acids is 1. The zero-order chi connectivity index (χ0) is 22.7. The Bertz CT molecular complexity index is 1200.